The molecule has 0 spiro atoms. The van der Waals surface area contributed by atoms with Gasteiger partial charge in [0.1, 0.15) is 5.75 Å². The zero-order valence-electron chi connectivity index (χ0n) is 15.2. The highest BCUT2D eigenvalue weighted by molar-refractivity contribution is 5.79. The summed E-state index contributed by atoms with van der Waals surface area (Å²) in [6, 6.07) is 8.20. The van der Waals surface area contributed by atoms with Gasteiger partial charge in [-0.15, -0.1) is 0 Å². The first kappa shape index (κ1) is 18.6. The van der Waals surface area contributed by atoms with Crippen molar-refractivity contribution in [3.8, 4) is 5.75 Å². The van der Waals surface area contributed by atoms with Crippen molar-refractivity contribution < 1.29 is 9.47 Å². The zero-order chi connectivity index (χ0) is 17.3. The van der Waals surface area contributed by atoms with Gasteiger partial charge in [-0.3, -0.25) is 4.99 Å². The molecule has 1 saturated heterocycles. The van der Waals surface area contributed by atoms with Gasteiger partial charge < -0.3 is 20.1 Å². The number of para-hydroxylation sites is 1. The monoisotopic (exact) mass is 333 g/mol. The third kappa shape index (κ3) is 5.71. The van der Waals surface area contributed by atoms with Crippen molar-refractivity contribution in [3.63, 3.8) is 0 Å². The fourth-order valence-corrected chi connectivity index (χ4v) is 2.87. The number of benzene rings is 1. The maximum atomic E-state index is 5.81. The Balaban J connectivity index is 1.87. The molecule has 1 aliphatic heterocycles. The van der Waals surface area contributed by atoms with Crippen molar-refractivity contribution in [3.05, 3.63) is 29.8 Å². The SMILES string of the molecule is CCNC(=NCC1(C)CCCO1)NCCc1ccccc1OCC. The van der Waals surface area contributed by atoms with E-state index >= 15 is 0 Å². The molecule has 2 rings (SSSR count). The first-order valence-electron chi connectivity index (χ1n) is 9.03. The average molecular weight is 333 g/mol. The molecular weight excluding hydrogens is 302 g/mol. The van der Waals surface area contributed by atoms with E-state index in [1.54, 1.807) is 0 Å². The summed E-state index contributed by atoms with van der Waals surface area (Å²) in [5.74, 6) is 1.82. The van der Waals surface area contributed by atoms with E-state index in [1.807, 2.05) is 19.1 Å². The summed E-state index contributed by atoms with van der Waals surface area (Å²) >= 11 is 0. The Labute approximate surface area is 145 Å². The van der Waals surface area contributed by atoms with Crippen LogP contribution >= 0.6 is 0 Å². The summed E-state index contributed by atoms with van der Waals surface area (Å²) < 4.78 is 11.5. The molecule has 134 valence electrons. The van der Waals surface area contributed by atoms with E-state index < -0.39 is 0 Å². The molecule has 1 aromatic carbocycles. The number of hydrogen-bond acceptors (Lipinski definition) is 3. The van der Waals surface area contributed by atoms with Crippen molar-refractivity contribution in [2.45, 2.75) is 45.6 Å². The summed E-state index contributed by atoms with van der Waals surface area (Å²) in [6.07, 6.45) is 3.11. The predicted molar refractivity (Wildman–Crippen MR) is 98.9 cm³/mol. The highest BCUT2D eigenvalue weighted by Crippen LogP contribution is 2.25. The molecule has 24 heavy (non-hydrogen) atoms. The van der Waals surface area contributed by atoms with Crippen LogP contribution in [-0.4, -0.2) is 44.4 Å². The zero-order valence-corrected chi connectivity index (χ0v) is 15.2. The van der Waals surface area contributed by atoms with Crippen LogP contribution in [0.3, 0.4) is 0 Å². The lowest BCUT2D eigenvalue weighted by atomic mass is 10.0. The van der Waals surface area contributed by atoms with E-state index in [4.69, 9.17) is 14.5 Å². The van der Waals surface area contributed by atoms with Gasteiger partial charge in [-0.05, 0) is 51.7 Å². The number of hydrogen-bond donors (Lipinski definition) is 2. The molecule has 5 nitrogen and oxygen atoms in total. The lowest BCUT2D eigenvalue weighted by Crippen LogP contribution is -2.40. The molecule has 0 saturated carbocycles. The summed E-state index contributed by atoms with van der Waals surface area (Å²) in [4.78, 5) is 4.70. The Hall–Kier alpha value is -1.75. The van der Waals surface area contributed by atoms with Gasteiger partial charge in [0.25, 0.3) is 0 Å². The van der Waals surface area contributed by atoms with Crippen LogP contribution in [0.1, 0.15) is 39.2 Å². The lowest BCUT2D eigenvalue weighted by molar-refractivity contribution is 0.0283. The number of aliphatic imine (C=N–C) groups is 1. The van der Waals surface area contributed by atoms with Crippen LogP contribution in [-0.2, 0) is 11.2 Å². The Morgan fingerprint density at radius 3 is 2.83 bits per heavy atom. The second-order valence-electron chi connectivity index (χ2n) is 6.31. The number of ether oxygens (including phenoxy) is 2. The maximum absolute atomic E-state index is 5.81. The molecular formula is C19H31N3O2. The normalized spacial score (nSPS) is 20.9. The Kier molecular flexibility index (Phi) is 7.37. The number of rotatable bonds is 8. The van der Waals surface area contributed by atoms with Crippen molar-refractivity contribution >= 4 is 5.96 Å². The Bertz CT molecular complexity index is 525. The van der Waals surface area contributed by atoms with Crippen molar-refractivity contribution in [1.82, 2.24) is 10.6 Å². The minimum Gasteiger partial charge on any atom is -0.494 e. The first-order chi connectivity index (χ1) is 11.7. The largest absolute Gasteiger partial charge is 0.494 e. The second kappa shape index (κ2) is 9.52. The smallest absolute Gasteiger partial charge is 0.191 e. The van der Waals surface area contributed by atoms with E-state index in [-0.39, 0.29) is 5.60 Å². The van der Waals surface area contributed by atoms with Crippen molar-refractivity contribution in [2.75, 3.05) is 32.8 Å². The van der Waals surface area contributed by atoms with Crippen LogP contribution < -0.4 is 15.4 Å². The summed E-state index contributed by atoms with van der Waals surface area (Å²) in [5.41, 5.74) is 1.11. The topological polar surface area (TPSA) is 54.9 Å². The molecule has 0 aliphatic carbocycles. The summed E-state index contributed by atoms with van der Waals surface area (Å²) in [5, 5.41) is 6.71. The van der Waals surface area contributed by atoms with Crippen LogP contribution in [0.15, 0.2) is 29.3 Å². The Morgan fingerprint density at radius 2 is 2.12 bits per heavy atom. The minimum absolute atomic E-state index is 0.107. The molecule has 1 fully saturated rings. The molecule has 1 unspecified atom stereocenters. The average Bonchev–Trinajstić information content (AvgIpc) is 3.01. The molecule has 0 bridgehead atoms. The fraction of sp³-hybridized carbons (Fsp3) is 0.632. The molecule has 0 radical (unpaired) electrons. The molecule has 5 heteroatoms. The molecule has 0 aromatic heterocycles. The van der Waals surface area contributed by atoms with E-state index in [1.165, 1.54) is 5.56 Å². The van der Waals surface area contributed by atoms with Gasteiger partial charge in [0, 0.05) is 19.7 Å². The van der Waals surface area contributed by atoms with Crippen LogP contribution in [0, 0.1) is 0 Å². The maximum Gasteiger partial charge on any atom is 0.191 e. The van der Waals surface area contributed by atoms with Crippen LogP contribution in [0.5, 0.6) is 5.75 Å². The number of guanidine groups is 1. The van der Waals surface area contributed by atoms with Gasteiger partial charge in [0.2, 0.25) is 0 Å². The highest BCUT2D eigenvalue weighted by atomic mass is 16.5. The fourth-order valence-electron chi connectivity index (χ4n) is 2.87. The van der Waals surface area contributed by atoms with Gasteiger partial charge in [0.15, 0.2) is 5.96 Å². The summed E-state index contributed by atoms with van der Waals surface area (Å²) in [7, 11) is 0. The van der Waals surface area contributed by atoms with E-state index in [0.717, 1.165) is 50.7 Å². The summed E-state index contributed by atoms with van der Waals surface area (Å²) in [6.45, 7) is 10.1. The van der Waals surface area contributed by atoms with Gasteiger partial charge in [-0.1, -0.05) is 18.2 Å². The Morgan fingerprint density at radius 1 is 1.29 bits per heavy atom. The van der Waals surface area contributed by atoms with Crippen LogP contribution in [0.2, 0.25) is 0 Å². The van der Waals surface area contributed by atoms with Crippen LogP contribution in [0.25, 0.3) is 0 Å². The standard InChI is InChI=1S/C19H31N3O2/c1-4-20-18(22-15-19(3)12-8-14-24-19)21-13-11-16-9-6-7-10-17(16)23-5-2/h6-7,9-10H,4-5,8,11-15H2,1-3H3,(H2,20,21,22). The van der Waals surface area contributed by atoms with Gasteiger partial charge in [0.05, 0.1) is 18.8 Å². The van der Waals surface area contributed by atoms with Crippen LogP contribution in [0.4, 0.5) is 0 Å². The molecule has 2 N–H and O–H groups in total. The highest BCUT2D eigenvalue weighted by Gasteiger charge is 2.29. The van der Waals surface area contributed by atoms with Gasteiger partial charge in [-0.25, -0.2) is 0 Å². The van der Waals surface area contributed by atoms with E-state index in [0.29, 0.717) is 13.2 Å². The number of nitrogens with one attached hydrogen (secondary N) is 2. The second-order valence-corrected chi connectivity index (χ2v) is 6.31. The molecule has 1 aliphatic rings. The van der Waals surface area contributed by atoms with E-state index in [2.05, 4.69) is 36.6 Å². The third-order valence-corrected chi connectivity index (χ3v) is 4.18. The lowest BCUT2D eigenvalue weighted by Gasteiger charge is -2.21. The molecule has 1 heterocycles. The molecule has 0 amide bonds. The van der Waals surface area contributed by atoms with Gasteiger partial charge >= 0.3 is 0 Å². The number of nitrogens with zero attached hydrogens (tertiary/aromatic N) is 1. The van der Waals surface area contributed by atoms with Crippen molar-refractivity contribution in [1.29, 1.82) is 0 Å². The quantitative estimate of drug-likeness (QED) is 0.567. The predicted octanol–water partition coefficient (Wildman–Crippen LogP) is 2.75. The van der Waals surface area contributed by atoms with Crippen molar-refractivity contribution in [2.24, 2.45) is 4.99 Å². The van der Waals surface area contributed by atoms with Gasteiger partial charge in [-0.2, -0.15) is 0 Å². The molecule has 1 atom stereocenters. The first-order valence-corrected chi connectivity index (χ1v) is 9.03. The van der Waals surface area contributed by atoms with E-state index in [9.17, 15) is 0 Å². The minimum atomic E-state index is -0.107. The third-order valence-electron chi connectivity index (χ3n) is 4.18. The molecule has 1 aromatic rings.